The zero-order chi connectivity index (χ0) is 34.9. The van der Waals surface area contributed by atoms with Gasteiger partial charge in [0.15, 0.2) is 0 Å². The molecule has 0 amide bonds. The fourth-order valence-corrected chi connectivity index (χ4v) is 6.43. The SMILES string of the molecule is Brc1ccc(-c2ccc3cc(-c4ccccc4)ccc3c2)cc1.Brc1ccc(I)cc1.OB(O)c1ccc2cc(-c3ccccc3)ccc2c1. The van der Waals surface area contributed by atoms with Crippen LogP contribution in [0.25, 0.3) is 54.9 Å². The Kier molecular flexibility index (Phi) is 12.3. The topological polar surface area (TPSA) is 40.5 Å². The van der Waals surface area contributed by atoms with Gasteiger partial charge in [-0.3, -0.25) is 0 Å². The van der Waals surface area contributed by atoms with Crippen LogP contribution in [-0.4, -0.2) is 17.2 Å². The minimum atomic E-state index is -1.42. The van der Waals surface area contributed by atoms with Crippen LogP contribution in [0.1, 0.15) is 0 Å². The van der Waals surface area contributed by atoms with Crippen molar-refractivity contribution in [3.05, 3.63) is 195 Å². The molecule has 0 fully saturated rings. The first-order chi connectivity index (χ1) is 24.3. The van der Waals surface area contributed by atoms with Gasteiger partial charge in [-0.1, -0.05) is 159 Å². The molecule has 244 valence electrons. The molecule has 8 aromatic rings. The Hall–Kier alpha value is -4.05. The summed E-state index contributed by atoms with van der Waals surface area (Å²) in [4.78, 5) is 0. The van der Waals surface area contributed by atoms with Gasteiger partial charge in [0.2, 0.25) is 0 Å². The van der Waals surface area contributed by atoms with Crippen molar-refractivity contribution in [1.29, 1.82) is 0 Å². The molecule has 50 heavy (non-hydrogen) atoms. The van der Waals surface area contributed by atoms with E-state index in [1.807, 2.05) is 48.5 Å². The van der Waals surface area contributed by atoms with E-state index in [1.165, 1.54) is 42.2 Å². The van der Waals surface area contributed by atoms with Crippen LogP contribution in [0.15, 0.2) is 191 Å². The number of hydrogen-bond donors (Lipinski definition) is 2. The zero-order valence-electron chi connectivity index (χ0n) is 26.9. The molecular weight excluding hydrogens is 858 g/mol. The van der Waals surface area contributed by atoms with Gasteiger partial charge in [0.1, 0.15) is 0 Å². The van der Waals surface area contributed by atoms with Crippen LogP contribution in [0.2, 0.25) is 0 Å². The molecule has 0 bridgehead atoms. The lowest BCUT2D eigenvalue weighted by Gasteiger charge is -2.07. The fraction of sp³-hybridized carbons (Fsp3) is 0. The summed E-state index contributed by atoms with van der Waals surface area (Å²) in [6.45, 7) is 0. The van der Waals surface area contributed by atoms with Crippen LogP contribution in [0.5, 0.6) is 0 Å². The summed E-state index contributed by atoms with van der Waals surface area (Å²) in [5, 5.41) is 23.0. The lowest BCUT2D eigenvalue weighted by atomic mass is 9.79. The van der Waals surface area contributed by atoms with Gasteiger partial charge >= 0.3 is 7.12 Å². The maximum atomic E-state index is 9.17. The Labute approximate surface area is 324 Å². The first-order valence-corrected chi connectivity index (χ1v) is 18.7. The molecule has 0 atom stereocenters. The number of fused-ring (bicyclic) bond motifs is 2. The molecule has 0 saturated heterocycles. The third-order valence-electron chi connectivity index (χ3n) is 8.20. The van der Waals surface area contributed by atoms with E-state index in [0.29, 0.717) is 5.46 Å². The molecule has 8 aromatic carbocycles. The molecule has 0 aliphatic carbocycles. The van der Waals surface area contributed by atoms with Crippen molar-refractivity contribution in [2.24, 2.45) is 0 Å². The number of hydrogen-bond acceptors (Lipinski definition) is 2. The van der Waals surface area contributed by atoms with Gasteiger partial charge in [0.25, 0.3) is 0 Å². The van der Waals surface area contributed by atoms with E-state index in [-0.39, 0.29) is 0 Å². The highest BCUT2D eigenvalue weighted by Crippen LogP contribution is 2.29. The normalized spacial score (nSPS) is 10.5. The maximum absolute atomic E-state index is 9.17. The van der Waals surface area contributed by atoms with E-state index < -0.39 is 7.12 Å². The summed E-state index contributed by atoms with van der Waals surface area (Å²) < 4.78 is 3.51. The fourth-order valence-electron chi connectivity index (χ4n) is 5.54. The van der Waals surface area contributed by atoms with Crippen molar-refractivity contribution >= 4 is 88.6 Å². The quantitative estimate of drug-likeness (QED) is 0.137. The Balaban J connectivity index is 0.000000144. The van der Waals surface area contributed by atoms with Gasteiger partial charge in [-0.25, -0.2) is 0 Å². The average molecular weight is 890 g/mol. The summed E-state index contributed by atoms with van der Waals surface area (Å²) >= 11 is 9.11. The van der Waals surface area contributed by atoms with E-state index >= 15 is 0 Å². The minimum Gasteiger partial charge on any atom is -0.423 e. The number of benzene rings is 8. The molecule has 8 rings (SSSR count). The molecule has 0 saturated carbocycles. The van der Waals surface area contributed by atoms with Crippen LogP contribution in [-0.2, 0) is 0 Å². The second kappa shape index (κ2) is 17.3. The summed E-state index contributed by atoms with van der Waals surface area (Å²) in [6.07, 6.45) is 0. The highest BCUT2D eigenvalue weighted by atomic mass is 127. The second-order valence-corrected chi connectivity index (χ2v) is 14.7. The Morgan fingerprint density at radius 1 is 0.360 bits per heavy atom. The van der Waals surface area contributed by atoms with Gasteiger partial charge in [0.05, 0.1) is 0 Å². The highest BCUT2D eigenvalue weighted by Gasteiger charge is 2.11. The Morgan fingerprint density at radius 3 is 1.10 bits per heavy atom. The molecule has 0 unspecified atom stereocenters. The van der Waals surface area contributed by atoms with Gasteiger partial charge in [-0.2, -0.15) is 0 Å². The maximum Gasteiger partial charge on any atom is 0.488 e. The van der Waals surface area contributed by atoms with E-state index in [4.69, 9.17) is 0 Å². The summed E-state index contributed by atoms with van der Waals surface area (Å²) in [5.74, 6) is 0. The van der Waals surface area contributed by atoms with Crippen molar-refractivity contribution in [2.45, 2.75) is 0 Å². The molecule has 6 heteroatoms. The molecule has 0 radical (unpaired) electrons. The van der Waals surface area contributed by atoms with Crippen LogP contribution in [0.4, 0.5) is 0 Å². The van der Waals surface area contributed by atoms with Crippen LogP contribution in [0, 0.1) is 3.57 Å². The first kappa shape index (κ1) is 35.8. The summed E-state index contributed by atoms with van der Waals surface area (Å²) in [7, 11) is -1.42. The molecule has 0 heterocycles. The Bertz CT molecular complexity index is 2290. The van der Waals surface area contributed by atoms with Gasteiger partial charge in [-0.15, -0.1) is 0 Å². The van der Waals surface area contributed by atoms with Crippen molar-refractivity contribution in [2.75, 3.05) is 0 Å². The van der Waals surface area contributed by atoms with Gasteiger partial charge in [-0.05, 0) is 138 Å². The largest absolute Gasteiger partial charge is 0.488 e. The molecule has 0 aliphatic rings. The molecule has 2 N–H and O–H groups in total. The summed E-state index contributed by atoms with van der Waals surface area (Å²) in [5.41, 5.74) is 7.85. The van der Waals surface area contributed by atoms with Crippen molar-refractivity contribution in [3.8, 4) is 33.4 Å². The predicted octanol–water partition coefficient (Wildman–Crippen LogP) is 12.2. The van der Waals surface area contributed by atoms with E-state index in [9.17, 15) is 10.0 Å². The monoisotopic (exact) mass is 888 g/mol. The third-order valence-corrected chi connectivity index (χ3v) is 9.97. The second-order valence-electron chi connectivity index (χ2n) is 11.6. The minimum absolute atomic E-state index is 0.514. The number of rotatable bonds is 4. The standard InChI is InChI=1S/C22H15Br.C16H13BO2.C6H4BrI/c23-22-12-10-17(11-13-22)19-7-9-20-14-18(6-8-21(20)15-19)16-4-2-1-3-5-16;18-17(19)16-9-8-14-10-13(6-7-15(14)11-16)12-4-2-1-3-5-12;7-5-1-3-6(8)4-2-5/h1-15H;1-11,18-19H;1-4H. The smallest absolute Gasteiger partial charge is 0.423 e. The highest BCUT2D eigenvalue weighted by molar-refractivity contribution is 14.1. The van der Waals surface area contributed by atoms with E-state index in [2.05, 4.69) is 176 Å². The van der Waals surface area contributed by atoms with Crippen molar-refractivity contribution < 1.29 is 10.0 Å². The van der Waals surface area contributed by atoms with E-state index in [1.54, 1.807) is 12.1 Å². The third kappa shape index (κ3) is 9.59. The number of halogens is 3. The van der Waals surface area contributed by atoms with Crippen LogP contribution in [0.3, 0.4) is 0 Å². The molecule has 0 aromatic heterocycles. The van der Waals surface area contributed by atoms with Gasteiger partial charge < -0.3 is 10.0 Å². The van der Waals surface area contributed by atoms with Crippen LogP contribution >= 0.6 is 54.5 Å². The molecule has 0 aliphatic heterocycles. The van der Waals surface area contributed by atoms with E-state index in [0.717, 1.165) is 25.3 Å². The van der Waals surface area contributed by atoms with Crippen LogP contribution < -0.4 is 5.46 Å². The first-order valence-electron chi connectivity index (χ1n) is 16.0. The predicted molar refractivity (Wildman–Crippen MR) is 229 cm³/mol. The Morgan fingerprint density at radius 2 is 0.700 bits per heavy atom. The molecule has 0 spiro atoms. The zero-order valence-corrected chi connectivity index (χ0v) is 32.3. The lowest BCUT2D eigenvalue weighted by molar-refractivity contribution is 0.426. The molecule has 2 nitrogen and oxygen atoms in total. The van der Waals surface area contributed by atoms with Gasteiger partial charge in [0, 0.05) is 12.5 Å². The van der Waals surface area contributed by atoms with Crippen molar-refractivity contribution in [3.63, 3.8) is 0 Å². The molecular formula is C44H32BBr2IO2. The average Bonchev–Trinajstić information content (AvgIpc) is 3.16. The van der Waals surface area contributed by atoms with Crippen molar-refractivity contribution in [1.82, 2.24) is 0 Å². The lowest BCUT2D eigenvalue weighted by Crippen LogP contribution is -2.29. The summed E-state index contributed by atoms with van der Waals surface area (Å²) in [6, 6.07) is 62.3.